The number of hydrogen-bond donors (Lipinski definition) is 2. The molecule has 0 aliphatic rings. The molecule has 106 valence electrons. The Balaban J connectivity index is 2.15. The summed E-state index contributed by atoms with van der Waals surface area (Å²) in [6.45, 7) is 4.31. The van der Waals surface area contributed by atoms with Crippen LogP contribution in [0.1, 0.15) is 41.6 Å². The number of aryl methyl sites for hydroxylation is 2. The van der Waals surface area contributed by atoms with Gasteiger partial charge in [-0.25, -0.2) is 0 Å². The van der Waals surface area contributed by atoms with Crippen molar-refractivity contribution in [3.8, 4) is 0 Å². The van der Waals surface area contributed by atoms with Crippen LogP contribution >= 0.6 is 0 Å². The van der Waals surface area contributed by atoms with E-state index in [1.165, 1.54) is 28.7 Å². The summed E-state index contributed by atoms with van der Waals surface area (Å²) in [4.78, 5) is 0. The van der Waals surface area contributed by atoms with Gasteiger partial charge in [-0.3, -0.25) is 11.3 Å². The quantitative estimate of drug-likeness (QED) is 0.619. The molecular weight excluding hydrogens is 244 g/mol. The molecular formula is C18H24N2. The first-order chi connectivity index (χ1) is 9.72. The van der Waals surface area contributed by atoms with Crippen molar-refractivity contribution in [2.75, 3.05) is 0 Å². The van der Waals surface area contributed by atoms with Crippen LogP contribution in [0.5, 0.6) is 0 Å². The summed E-state index contributed by atoms with van der Waals surface area (Å²) in [5, 5.41) is 0. The maximum absolute atomic E-state index is 5.76. The SMILES string of the molecule is CCCc1cccc(C(Cc2ccc(C)cc2)NN)c1. The lowest BCUT2D eigenvalue weighted by Gasteiger charge is -2.17. The molecule has 0 aromatic heterocycles. The van der Waals surface area contributed by atoms with Crippen molar-refractivity contribution in [2.45, 2.75) is 39.2 Å². The van der Waals surface area contributed by atoms with Crippen LogP contribution in [0.2, 0.25) is 0 Å². The largest absolute Gasteiger partial charge is 0.271 e. The van der Waals surface area contributed by atoms with Crippen molar-refractivity contribution in [3.05, 3.63) is 70.8 Å². The van der Waals surface area contributed by atoms with Gasteiger partial charge in [0.15, 0.2) is 0 Å². The maximum Gasteiger partial charge on any atom is 0.0500 e. The monoisotopic (exact) mass is 268 g/mol. The molecule has 2 aromatic carbocycles. The molecule has 0 spiro atoms. The van der Waals surface area contributed by atoms with E-state index < -0.39 is 0 Å². The Morgan fingerprint density at radius 2 is 1.80 bits per heavy atom. The fraction of sp³-hybridized carbons (Fsp3) is 0.333. The molecule has 1 atom stereocenters. The molecule has 2 aromatic rings. The van der Waals surface area contributed by atoms with Gasteiger partial charge in [-0.15, -0.1) is 0 Å². The Hall–Kier alpha value is -1.64. The Bertz CT molecular complexity index is 531. The number of rotatable bonds is 6. The molecule has 2 nitrogen and oxygen atoms in total. The summed E-state index contributed by atoms with van der Waals surface area (Å²) in [5.74, 6) is 5.76. The molecule has 0 fully saturated rings. The molecule has 20 heavy (non-hydrogen) atoms. The summed E-state index contributed by atoms with van der Waals surface area (Å²) < 4.78 is 0. The fourth-order valence-electron chi connectivity index (χ4n) is 2.49. The minimum absolute atomic E-state index is 0.162. The first-order valence-electron chi connectivity index (χ1n) is 7.33. The Kier molecular flexibility index (Phi) is 5.33. The third kappa shape index (κ3) is 3.92. The zero-order chi connectivity index (χ0) is 14.4. The first kappa shape index (κ1) is 14.8. The van der Waals surface area contributed by atoms with Gasteiger partial charge in [-0.1, -0.05) is 67.4 Å². The molecule has 0 bridgehead atoms. The van der Waals surface area contributed by atoms with Crippen molar-refractivity contribution < 1.29 is 0 Å². The van der Waals surface area contributed by atoms with Gasteiger partial charge in [0.25, 0.3) is 0 Å². The zero-order valence-corrected chi connectivity index (χ0v) is 12.4. The van der Waals surface area contributed by atoms with Gasteiger partial charge in [-0.2, -0.15) is 0 Å². The predicted octanol–water partition coefficient (Wildman–Crippen LogP) is 3.69. The predicted molar refractivity (Wildman–Crippen MR) is 85.4 cm³/mol. The molecule has 0 saturated heterocycles. The fourth-order valence-corrected chi connectivity index (χ4v) is 2.49. The summed E-state index contributed by atoms with van der Waals surface area (Å²) in [6.07, 6.45) is 3.20. The molecule has 0 heterocycles. The summed E-state index contributed by atoms with van der Waals surface area (Å²) in [6, 6.07) is 17.5. The van der Waals surface area contributed by atoms with Crippen molar-refractivity contribution in [1.29, 1.82) is 0 Å². The second kappa shape index (κ2) is 7.22. The van der Waals surface area contributed by atoms with Gasteiger partial charge in [0.2, 0.25) is 0 Å². The molecule has 0 radical (unpaired) electrons. The highest BCUT2D eigenvalue weighted by molar-refractivity contribution is 5.29. The minimum Gasteiger partial charge on any atom is -0.271 e. The van der Waals surface area contributed by atoms with Gasteiger partial charge in [0, 0.05) is 6.04 Å². The van der Waals surface area contributed by atoms with Gasteiger partial charge >= 0.3 is 0 Å². The second-order valence-corrected chi connectivity index (χ2v) is 5.40. The molecule has 0 aliphatic carbocycles. The summed E-state index contributed by atoms with van der Waals surface area (Å²) in [5.41, 5.74) is 8.19. The van der Waals surface area contributed by atoms with E-state index in [9.17, 15) is 0 Å². The minimum atomic E-state index is 0.162. The highest BCUT2D eigenvalue weighted by atomic mass is 15.2. The van der Waals surface area contributed by atoms with Crippen molar-refractivity contribution >= 4 is 0 Å². The number of benzene rings is 2. The number of hydrazine groups is 1. The molecule has 0 amide bonds. The van der Waals surface area contributed by atoms with Crippen LogP contribution in [0, 0.1) is 6.92 Å². The zero-order valence-electron chi connectivity index (χ0n) is 12.4. The Labute approximate surface area is 122 Å². The number of nitrogens with one attached hydrogen (secondary N) is 1. The third-order valence-corrected chi connectivity index (χ3v) is 3.65. The Morgan fingerprint density at radius 1 is 1.05 bits per heavy atom. The first-order valence-corrected chi connectivity index (χ1v) is 7.33. The van der Waals surface area contributed by atoms with Crippen LogP contribution in [0.3, 0.4) is 0 Å². The van der Waals surface area contributed by atoms with E-state index in [2.05, 4.69) is 67.8 Å². The van der Waals surface area contributed by atoms with E-state index in [0.717, 1.165) is 12.8 Å². The normalized spacial score (nSPS) is 12.3. The van der Waals surface area contributed by atoms with Crippen LogP contribution in [0.15, 0.2) is 48.5 Å². The molecule has 0 aliphatic heterocycles. The van der Waals surface area contributed by atoms with Crippen LogP contribution in [-0.2, 0) is 12.8 Å². The molecule has 1 unspecified atom stereocenters. The average Bonchev–Trinajstić information content (AvgIpc) is 2.47. The average molecular weight is 268 g/mol. The smallest absolute Gasteiger partial charge is 0.0500 e. The standard InChI is InChI=1S/C18H24N2/c1-3-5-15-6-4-7-17(12-15)18(20-19)13-16-10-8-14(2)9-11-16/h4,6-12,18,20H,3,5,13,19H2,1-2H3. The van der Waals surface area contributed by atoms with Crippen LogP contribution in [0.25, 0.3) is 0 Å². The third-order valence-electron chi connectivity index (χ3n) is 3.65. The highest BCUT2D eigenvalue weighted by Gasteiger charge is 2.11. The van der Waals surface area contributed by atoms with E-state index in [-0.39, 0.29) is 6.04 Å². The molecule has 2 heteroatoms. The lowest BCUT2D eigenvalue weighted by atomic mass is 9.96. The van der Waals surface area contributed by atoms with Gasteiger partial charge in [-0.05, 0) is 36.5 Å². The van der Waals surface area contributed by atoms with E-state index in [1.807, 2.05) is 0 Å². The number of nitrogens with two attached hydrogens (primary N) is 1. The van der Waals surface area contributed by atoms with E-state index in [4.69, 9.17) is 5.84 Å². The van der Waals surface area contributed by atoms with Gasteiger partial charge in [0.1, 0.15) is 0 Å². The molecule has 0 saturated carbocycles. The topological polar surface area (TPSA) is 38.0 Å². The lowest BCUT2D eigenvalue weighted by molar-refractivity contribution is 0.551. The highest BCUT2D eigenvalue weighted by Crippen LogP contribution is 2.20. The molecule has 3 N–H and O–H groups in total. The van der Waals surface area contributed by atoms with Gasteiger partial charge in [0.05, 0.1) is 0 Å². The van der Waals surface area contributed by atoms with Crippen molar-refractivity contribution in [1.82, 2.24) is 5.43 Å². The van der Waals surface area contributed by atoms with E-state index in [1.54, 1.807) is 0 Å². The van der Waals surface area contributed by atoms with Crippen LogP contribution in [0.4, 0.5) is 0 Å². The van der Waals surface area contributed by atoms with E-state index >= 15 is 0 Å². The van der Waals surface area contributed by atoms with E-state index in [0.29, 0.717) is 0 Å². The van der Waals surface area contributed by atoms with Crippen molar-refractivity contribution in [3.63, 3.8) is 0 Å². The van der Waals surface area contributed by atoms with Crippen molar-refractivity contribution in [2.24, 2.45) is 5.84 Å². The maximum atomic E-state index is 5.76. The summed E-state index contributed by atoms with van der Waals surface area (Å²) in [7, 11) is 0. The molecule has 2 rings (SSSR count). The van der Waals surface area contributed by atoms with Crippen LogP contribution in [-0.4, -0.2) is 0 Å². The Morgan fingerprint density at radius 3 is 2.45 bits per heavy atom. The lowest BCUT2D eigenvalue weighted by Crippen LogP contribution is -2.29. The summed E-state index contributed by atoms with van der Waals surface area (Å²) >= 11 is 0. The number of hydrogen-bond acceptors (Lipinski definition) is 2. The second-order valence-electron chi connectivity index (χ2n) is 5.40. The van der Waals surface area contributed by atoms with Crippen LogP contribution < -0.4 is 11.3 Å². The van der Waals surface area contributed by atoms with Gasteiger partial charge < -0.3 is 0 Å².